The fourth-order valence-electron chi connectivity index (χ4n) is 2.83. The standard InChI is InChI=1S/C15H25N5O4/c1-5-10(21)20-9(8(3)24-11(22)6-2)7-17-13-12(20)14(23)18-15(16)19(13)4/h8-9,15,17H,5-7,16H2,1-4H3,(H,18,23). The van der Waals surface area contributed by atoms with E-state index in [2.05, 4.69) is 10.6 Å². The van der Waals surface area contributed by atoms with E-state index in [0.29, 0.717) is 12.4 Å². The van der Waals surface area contributed by atoms with Gasteiger partial charge in [0.2, 0.25) is 5.91 Å². The second-order valence-electron chi connectivity index (χ2n) is 5.84. The minimum absolute atomic E-state index is 0.210. The fraction of sp³-hybridized carbons (Fsp3) is 0.667. The van der Waals surface area contributed by atoms with Crippen LogP contribution in [0.15, 0.2) is 11.5 Å². The topological polar surface area (TPSA) is 117 Å². The molecule has 9 nitrogen and oxygen atoms in total. The van der Waals surface area contributed by atoms with Crippen LogP contribution in [0.25, 0.3) is 0 Å². The quantitative estimate of drug-likeness (QED) is 0.563. The van der Waals surface area contributed by atoms with E-state index in [1.54, 1.807) is 32.7 Å². The SMILES string of the molecule is CCC(=O)OC(C)C1CNC2=C(C(=O)NC(N)N2C)N1C(=O)CC. The third kappa shape index (κ3) is 3.16. The van der Waals surface area contributed by atoms with Gasteiger partial charge in [0.15, 0.2) is 12.0 Å². The smallest absolute Gasteiger partial charge is 0.305 e. The van der Waals surface area contributed by atoms with Gasteiger partial charge < -0.3 is 20.3 Å². The molecule has 24 heavy (non-hydrogen) atoms. The molecule has 4 N–H and O–H groups in total. The third-order valence-electron chi connectivity index (χ3n) is 4.26. The molecule has 3 atom stereocenters. The lowest BCUT2D eigenvalue weighted by Gasteiger charge is -2.46. The van der Waals surface area contributed by atoms with Crippen molar-refractivity contribution in [3.05, 3.63) is 11.5 Å². The van der Waals surface area contributed by atoms with Gasteiger partial charge in [-0.05, 0) is 6.92 Å². The van der Waals surface area contributed by atoms with E-state index < -0.39 is 24.3 Å². The Morgan fingerprint density at radius 3 is 2.62 bits per heavy atom. The Morgan fingerprint density at radius 2 is 2.04 bits per heavy atom. The Hall–Kier alpha value is -2.29. The Morgan fingerprint density at radius 1 is 1.38 bits per heavy atom. The first-order valence-electron chi connectivity index (χ1n) is 8.10. The number of rotatable bonds is 4. The van der Waals surface area contributed by atoms with Crippen LogP contribution in [-0.2, 0) is 19.1 Å². The van der Waals surface area contributed by atoms with Crippen molar-refractivity contribution < 1.29 is 19.1 Å². The van der Waals surface area contributed by atoms with Crippen molar-refractivity contribution in [1.82, 2.24) is 20.4 Å². The first-order valence-corrected chi connectivity index (χ1v) is 8.10. The predicted octanol–water partition coefficient (Wildman–Crippen LogP) is -0.988. The van der Waals surface area contributed by atoms with Crippen LogP contribution in [0.3, 0.4) is 0 Å². The molecule has 0 aromatic heterocycles. The van der Waals surface area contributed by atoms with Crippen LogP contribution in [0, 0.1) is 0 Å². The number of nitrogens with one attached hydrogen (secondary N) is 2. The van der Waals surface area contributed by atoms with Crippen molar-refractivity contribution in [1.29, 1.82) is 0 Å². The summed E-state index contributed by atoms with van der Waals surface area (Å²) in [6.07, 6.45) is -0.749. The first kappa shape index (κ1) is 18.1. The predicted molar refractivity (Wildman–Crippen MR) is 85.7 cm³/mol. The van der Waals surface area contributed by atoms with Gasteiger partial charge in [-0.1, -0.05) is 13.8 Å². The van der Waals surface area contributed by atoms with E-state index in [0.717, 1.165) is 0 Å². The molecule has 0 bridgehead atoms. The second-order valence-corrected chi connectivity index (χ2v) is 5.84. The van der Waals surface area contributed by atoms with Crippen molar-refractivity contribution in [3.8, 4) is 0 Å². The van der Waals surface area contributed by atoms with Crippen molar-refractivity contribution in [2.24, 2.45) is 5.73 Å². The second kappa shape index (κ2) is 7.08. The molecule has 0 saturated carbocycles. The zero-order valence-corrected chi connectivity index (χ0v) is 14.5. The zero-order chi connectivity index (χ0) is 18.0. The number of hydrogen-bond acceptors (Lipinski definition) is 7. The molecule has 0 radical (unpaired) electrons. The number of hydrogen-bond donors (Lipinski definition) is 3. The molecule has 0 aromatic rings. The lowest BCUT2D eigenvalue weighted by Crippen LogP contribution is -2.66. The zero-order valence-electron chi connectivity index (χ0n) is 14.5. The molecule has 134 valence electrons. The maximum atomic E-state index is 12.5. The van der Waals surface area contributed by atoms with E-state index >= 15 is 0 Å². The van der Waals surface area contributed by atoms with Crippen molar-refractivity contribution in [2.45, 2.75) is 52.0 Å². The molecule has 0 aromatic carbocycles. The van der Waals surface area contributed by atoms with Gasteiger partial charge in [-0.2, -0.15) is 0 Å². The van der Waals surface area contributed by atoms with E-state index in [1.807, 2.05) is 0 Å². The highest BCUT2D eigenvalue weighted by molar-refractivity contribution is 5.99. The summed E-state index contributed by atoms with van der Waals surface area (Å²) in [7, 11) is 1.72. The van der Waals surface area contributed by atoms with Crippen LogP contribution in [0.2, 0.25) is 0 Å². The molecular weight excluding hydrogens is 314 g/mol. The van der Waals surface area contributed by atoms with Gasteiger partial charge in [0.25, 0.3) is 5.91 Å². The molecule has 2 aliphatic heterocycles. The van der Waals surface area contributed by atoms with Gasteiger partial charge in [-0.15, -0.1) is 0 Å². The number of esters is 1. The molecule has 9 heteroatoms. The van der Waals surface area contributed by atoms with Gasteiger partial charge >= 0.3 is 5.97 Å². The van der Waals surface area contributed by atoms with Crippen molar-refractivity contribution in [2.75, 3.05) is 13.6 Å². The average molecular weight is 339 g/mol. The number of ether oxygens (including phenoxy) is 1. The lowest BCUT2D eigenvalue weighted by atomic mass is 10.0. The van der Waals surface area contributed by atoms with Gasteiger partial charge in [0.1, 0.15) is 11.9 Å². The van der Waals surface area contributed by atoms with E-state index in [4.69, 9.17) is 10.5 Å². The average Bonchev–Trinajstić information content (AvgIpc) is 2.57. The molecule has 2 heterocycles. The summed E-state index contributed by atoms with van der Waals surface area (Å²) in [5.41, 5.74) is 6.07. The summed E-state index contributed by atoms with van der Waals surface area (Å²) in [4.78, 5) is 39.6. The molecule has 3 unspecified atom stereocenters. The molecular formula is C15H25N5O4. The number of amides is 2. The molecule has 2 aliphatic rings. The third-order valence-corrected chi connectivity index (χ3v) is 4.26. The summed E-state index contributed by atoms with van der Waals surface area (Å²) in [5.74, 6) is -0.493. The summed E-state index contributed by atoms with van der Waals surface area (Å²) in [5, 5.41) is 5.76. The van der Waals surface area contributed by atoms with E-state index in [-0.39, 0.29) is 30.4 Å². The Balaban J connectivity index is 2.40. The summed E-state index contributed by atoms with van der Waals surface area (Å²) < 4.78 is 5.36. The summed E-state index contributed by atoms with van der Waals surface area (Å²) in [6, 6.07) is -0.472. The normalized spacial score (nSPS) is 24.8. The van der Waals surface area contributed by atoms with Crippen LogP contribution in [-0.4, -0.2) is 59.6 Å². The number of nitrogens with zero attached hydrogens (tertiary/aromatic N) is 2. The van der Waals surface area contributed by atoms with Crippen molar-refractivity contribution in [3.63, 3.8) is 0 Å². The Bertz CT molecular complexity index is 576. The molecule has 0 aliphatic carbocycles. The van der Waals surface area contributed by atoms with E-state index in [1.165, 1.54) is 4.90 Å². The largest absolute Gasteiger partial charge is 0.460 e. The number of carbonyl (C=O) groups excluding carboxylic acids is 3. The first-order chi connectivity index (χ1) is 11.3. The molecule has 2 rings (SSSR count). The van der Waals surface area contributed by atoms with E-state index in [9.17, 15) is 14.4 Å². The fourth-order valence-corrected chi connectivity index (χ4v) is 2.83. The molecule has 0 saturated heterocycles. The highest BCUT2D eigenvalue weighted by atomic mass is 16.5. The highest BCUT2D eigenvalue weighted by Gasteiger charge is 2.43. The van der Waals surface area contributed by atoms with Gasteiger partial charge in [-0.25, -0.2) is 0 Å². The van der Waals surface area contributed by atoms with Crippen LogP contribution in [0.5, 0.6) is 0 Å². The Kier molecular flexibility index (Phi) is 5.33. The van der Waals surface area contributed by atoms with Gasteiger partial charge in [0, 0.05) is 26.4 Å². The summed E-state index contributed by atoms with van der Waals surface area (Å²) in [6.45, 7) is 5.50. The lowest BCUT2D eigenvalue weighted by molar-refractivity contribution is -0.154. The Labute approximate surface area is 141 Å². The van der Waals surface area contributed by atoms with Crippen LogP contribution >= 0.6 is 0 Å². The maximum Gasteiger partial charge on any atom is 0.305 e. The monoisotopic (exact) mass is 339 g/mol. The molecule has 2 amide bonds. The van der Waals surface area contributed by atoms with Crippen LogP contribution in [0.4, 0.5) is 0 Å². The van der Waals surface area contributed by atoms with Crippen molar-refractivity contribution >= 4 is 17.8 Å². The molecule has 0 fully saturated rings. The number of carbonyl (C=O) groups is 3. The maximum absolute atomic E-state index is 12.5. The van der Waals surface area contributed by atoms with Crippen LogP contribution < -0.4 is 16.4 Å². The van der Waals surface area contributed by atoms with Gasteiger partial charge in [0.05, 0.1) is 6.04 Å². The number of nitrogens with two attached hydrogens (primary N) is 1. The summed E-state index contributed by atoms with van der Waals surface area (Å²) >= 11 is 0. The highest BCUT2D eigenvalue weighted by Crippen LogP contribution is 2.26. The molecule has 0 spiro atoms. The van der Waals surface area contributed by atoms with Gasteiger partial charge in [-0.3, -0.25) is 25.0 Å². The minimum atomic E-state index is -0.672. The van der Waals surface area contributed by atoms with Crippen LogP contribution in [0.1, 0.15) is 33.6 Å². The minimum Gasteiger partial charge on any atom is -0.460 e.